The van der Waals surface area contributed by atoms with Crippen LogP contribution >= 0.6 is 11.8 Å². The van der Waals surface area contributed by atoms with Gasteiger partial charge in [-0.05, 0) is 43.2 Å². The summed E-state index contributed by atoms with van der Waals surface area (Å²) in [5.74, 6) is 1.00. The Bertz CT molecular complexity index is 970. The van der Waals surface area contributed by atoms with Crippen molar-refractivity contribution in [3.63, 3.8) is 0 Å². The van der Waals surface area contributed by atoms with Crippen LogP contribution in [0.1, 0.15) is 17.0 Å². The summed E-state index contributed by atoms with van der Waals surface area (Å²) in [5, 5.41) is 11.5. The molecule has 1 amide bonds. The molecule has 0 aliphatic carbocycles. The van der Waals surface area contributed by atoms with Crippen LogP contribution in [0.4, 0.5) is 10.1 Å². The number of benzene rings is 2. The molecule has 0 unspecified atom stereocenters. The first kappa shape index (κ1) is 19.9. The molecule has 0 radical (unpaired) electrons. The number of aryl methyl sites for hydroxylation is 2. The summed E-state index contributed by atoms with van der Waals surface area (Å²) in [6.45, 7) is 4.28. The number of thioether (sulfide) groups is 1. The summed E-state index contributed by atoms with van der Waals surface area (Å²) in [4.78, 5) is 12.1. The second kappa shape index (κ2) is 8.88. The van der Waals surface area contributed by atoms with Crippen molar-refractivity contribution in [2.24, 2.45) is 7.05 Å². The minimum atomic E-state index is -0.396. The SMILES string of the molecule is Cc1cccc(C)c1OCc1nnc(SCC(=O)Nc2cccc(F)c2)n1C. The number of nitrogens with one attached hydrogen (secondary N) is 1. The van der Waals surface area contributed by atoms with Gasteiger partial charge in [0.25, 0.3) is 0 Å². The van der Waals surface area contributed by atoms with Crippen molar-refractivity contribution in [2.45, 2.75) is 25.6 Å². The fraction of sp³-hybridized carbons (Fsp3) is 0.250. The molecule has 1 N–H and O–H groups in total. The average Bonchev–Trinajstić information content (AvgIpc) is 2.99. The van der Waals surface area contributed by atoms with Gasteiger partial charge in [0.1, 0.15) is 18.2 Å². The lowest BCUT2D eigenvalue weighted by Crippen LogP contribution is -2.14. The van der Waals surface area contributed by atoms with Gasteiger partial charge >= 0.3 is 0 Å². The highest BCUT2D eigenvalue weighted by atomic mass is 32.2. The van der Waals surface area contributed by atoms with Gasteiger partial charge in [-0.2, -0.15) is 0 Å². The second-order valence-corrected chi connectivity index (χ2v) is 7.26. The summed E-state index contributed by atoms with van der Waals surface area (Å²) in [6.07, 6.45) is 0. The fourth-order valence-corrected chi connectivity index (χ4v) is 3.38. The Kier molecular flexibility index (Phi) is 6.30. The van der Waals surface area contributed by atoms with E-state index in [9.17, 15) is 9.18 Å². The van der Waals surface area contributed by atoms with Crippen LogP contribution in [-0.4, -0.2) is 26.4 Å². The van der Waals surface area contributed by atoms with Gasteiger partial charge in [0.2, 0.25) is 5.91 Å². The van der Waals surface area contributed by atoms with Gasteiger partial charge in [0.15, 0.2) is 11.0 Å². The number of carbonyl (C=O) groups is 1. The highest BCUT2D eigenvalue weighted by Crippen LogP contribution is 2.24. The fourth-order valence-electron chi connectivity index (χ4n) is 2.65. The largest absolute Gasteiger partial charge is 0.485 e. The maximum absolute atomic E-state index is 13.2. The molecular formula is C20H21FN4O2S. The summed E-state index contributed by atoms with van der Waals surface area (Å²) >= 11 is 1.26. The lowest BCUT2D eigenvalue weighted by molar-refractivity contribution is -0.113. The van der Waals surface area contributed by atoms with Crippen molar-refractivity contribution in [3.05, 3.63) is 65.2 Å². The van der Waals surface area contributed by atoms with E-state index in [2.05, 4.69) is 15.5 Å². The molecule has 0 saturated heterocycles. The Morgan fingerprint density at radius 3 is 2.61 bits per heavy atom. The minimum absolute atomic E-state index is 0.139. The van der Waals surface area contributed by atoms with Crippen LogP contribution in [0.3, 0.4) is 0 Å². The minimum Gasteiger partial charge on any atom is -0.485 e. The van der Waals surface area contributed by atoms with Crippen LogP contribution in [0.15, 0.2) is 47.6 Å². The van der Waals surface area contributed by atoms with Crippen molar-refractivity contribution in [2.75, 3.05) is 11.1 Å². The Balaban J connectivity index is 1.56. The molecule has 6 nitrogen and oxygen atoms in total. The maximum atomic E-state index is 13.2. The van der Waals surface area contributed by atoms with Crippen molar-refractivity contribution >= 4 is 23.4 Å². The van der Waals surface area contributed by atoms with E-state index in [0.717, 1.165) is 16.9 Å². The molecule has 3 aromatic rings. The molecule has 2 aromatic carbocycles. The number of para-hydroxylation sites is 1. The molecule has 0 spiro atoms. The van der Waals surface area contributed by atoms with Crippen LogP contribution in [-0.2, 0) is 18.4 Å². The van der Waals surface area contributed by atoms with Crippen molar-refractivity contribution < 1.29 is 13.9 Å². The molecule has 0 atom stereocenters. The topological polar surface area (TPSA) is 69.0 Å². The number of aromatic nitrogens is 3. The third-order valence-electron chi connectivity index (χ3n) is 4.12. The Labute approximate surface area is 167 Å². The zero-order valence-electron chi connectivity index (χ0n) is 15.9. The average molecular weight is 400 g/mol. The monoisotopic (exact) mass is 400 g/mol. The number of ether oxygens (including phenoxy) is 1. The normalized spacial score (nSPS) is 10.7. The second-order valence-electron chi connectivity index (χ2n) is 6.31. The molecule has 1 aromatic heterocycles. The van der Waals surface area contributed by atoms with E-state index >= 15 is 0 Å². The Morgan fingerprint density at radius 1 is 1.18 bits per heavy atom. The van der Waals surface area contributed by atoms with Gasteiger partial charge in [-0.3, -0.25) is 4.79 Å². The number of halogens is 1. The number of rotatable bonds is 7. The molecule has 0 bridgehead atoms. The smallest absolute Gasteiger partial charge is 0.234 e. The zero-order chi connectivity index (χ0) is 20.1. The molecule has 0 fully saturated rings. The number of hydrogen-bond donors (Lipinski definition) is 1. The molecule has 8 heteroatoms. The van der Waals surface area contributed by atoms with E-state index in [4.69, 9.17) is 4.74 Å². The summed E-state index contributed by atoms with van der Waals surface area (Å²) < 4.78 is 20.9. The van der Waals surface area contributed by atoms with Gasteiger partial charge in [-0.15, -0.1) is 10.2 Å². The van der Waals surface area contributed by atoms with Crippen molar-refractivity contribution in [1.29, 1.82) is 0 Å². The molecule has 0 aliphatic heterocycles. The standard InChI is InChI=1S/C20H21FN4O2S/c1-13-6-4-7-14(2)19(13)27-11-17-23-24-20(25(17)3)28-12-18(26)22-16-9-5-8-15(21)10-16/h4-10H,11-12H2,1-3H3,(H,22,26). The van der Waals surface area contributed by atoms with E-state index in [1.54, 1.807) is 16.7 Å². The molecule has 28 heavy (non-hydrogen) atoms. The Morgan fingerprint density at radius 2 is 1.89 bits per heavy atom. The zero-order valence-corrected chi connectivity index (χ0v) is 16.7. The molecule has 3 rings (SSSR count). The first-order valence-electron chi connectivity index (χ1n) is 8.69. The Hall–Kier alpha value is -2.87. The quantitative estimate of drug-likeness (QED) is 0.610. The van der Waals surface area contributed by atoms with Crippen LogP contribution < -0.4 is 10.1 Å². The van der Waals surface area contributed by atoms with E-state index < -0.39 is 5.82 Å². The van der Waals surface area contributed by atoms with Crippen LogP contribution in [0.25, 0.3) is 0 Å². The molecule has 0 saturated carbocycles. The van der Waals surface area contributed by atoms with E-state index in [-0.39, 0.29) is 18.3 Å². The van der Waals surface area contributed by atoms with Gasteiger partial charge in [0, 0.05) is 12.7 Å². The predicted molar refractivity (Wildman–Crippen MR) is 107 cm³/mol. The van der Waals surface area contributed by atoms with E-state index in [0.29, 0.717) is 16.7 Å². The first-order valence-corrected chi connectivity index (χ1v) is 9.68. The number of nitrogens with zero attached hydrogens (tertiary/aromatic N) is 3. The summed E-state index contributed by atoms with van der Waals surface area (Å²) in [6, 6.07) is 11.8. The van der Waals surface area contributed by atoms with Gasteiger partial charge < -0.3 is 14.6 Å². The summed E-state index contributed by atoms with van der Waals surface area (Å²) in [7, 11) is 1.83. The van der Waals surface area contributed by atoms with Crippen LogP contribution in [0.5, 0.6) is 5.75 Å². The highest BCUT2D eigenvalue weighted by molar-refractivity contribution is 7.99. The number of anilines is 1. The van der Waals surface area contributed by atoms with Crippen LogP contribution in [0, 0.1) is 19.7 Å². The molecule has 146 valence electrons. The van der Waals surface area contributed by atoms with E-state index in [1.165, 1.54) is 23.9 Å². The van der Waals surface area contributed by atoms with Crippen LogP contribution in [0.2, 0.25) is 0 Å². The van der Waals surface area contributed by atoms with Crippen molar-refractivity contribution in [3.8, 4) is 5.75 Å². The first-order chi connectivity index (χ1) is 13.4. The number of amides is 1. The van der Waals surface area contributed by atoms with E-state index in [1.807, 2.05) is 39.1 Å². The molecular weight excluding hydrogens is 379 g/mol. The molecule has 0 aliphatic rings. The molecule has 1 heterocycles. The lowest BCUT2D eigenvalue weighted by Gasteiger charge is -2.11. The van der Waals surface area contributed by atoms with Crippen molar-refractivity contribution in [1.82, 2.24) is 14.8 Å². The van der Waals surface area contributed by atoms with Gasteiger partial charge in [0.05, 0.1) is 5.75 Å². The van der Waals surface area contributed by atoms with Gasteiger partial charge in [-0.25, -0.2) is 4.39 Å². The lowest BCUT2D eigenvalue weighted by atomic mass is 10.1. The highest BCUT2D eigenvalue weighted by Gasteiger charge is 2.13. The third kappa shape index (κ3) is 4.89. The third-order valence-corrected chi connectivity index (χ3v) is 5.14. The maximum Gasteiger partial charge on any atom is 0.234 e. The van der Waals surface area contributed by atoms with Gasteiger partial charge in [-0.1, -0.05) is 36.0 Å². The predicted octanol–water partition coefficient (Wildman–Crippen LogP) is 3.88. The number of hydrogen-bond acceptors (Lipinski definition) is 5. The summed E-state index contributed by atoms with van der Waals surface area (Å²) in [5.41, 5.74) is 2.54. The number of carbonyl (C=O) groups excluding carboxylic acids is 1.